The van der Waals surface area contributed by atoms with Gasteiger partial charge in [0.15, 0.2) is 0 Å². The van der Waals surface area contributed by atoms with Crippen molar-refractivity contribution >= 4 is 5.95 Å². The van der Waals surface area contributed by atoms with Crippen LogP contribution >= 0.6 is 0 Å². The lowest BCUT2D eigenvalue weighted by molar-refractivity contribution is 0.557. The van der Waals surface area contributed by atoms with E-state index in [4.69, 9.17) is 0 Å². The molecule has 1 fully saturated rings. The van der Waals surface area contributed by atoms with Crippen molar-refractivity contribution in [1.82, 2.24) is 20.2 Å². The van der Waals surface area contributed by atoms with Gasteiger partial charge in [-0.25, -0.2) is 0 Å². The van der Waals surface area contributed by atoms with Gasteiger partial charge in [0, 0.05) is 13.1 Å². The van der Waals surface area contributed by atoms with E-state index in [9.17, 15) is 0 Å². The highest BCUT2D eigenvalue weighted by Gasteiger charge is 2.15. The minimum absolute atomic E-state index is 0.682. The van der Waals surface area contributed by atoms with Crippen molar-refractivity contribution < 1.29 is 0 Å². The standard InChI is InChI=1S/C14H19N5/c1-12-5-7-13(8-6-12)11-19-16-14(15-17-19)18-9-3-2-4-10-18/h5-8H,2-4,9-11H2,1H3. The molecule has 1 saturated heterocycles. The summed E-state index contributed by atoms with van der Waals surface area (Å²) in [5.41, 5.74) is 2.47. The van der Waals surface area contributed by atoms with Gasteiger partial charge in [0.05, 0.1) is 6.54 Å². The van der Waals surface area contributed by atoms with Crippen LogP contribution in [0.4, 0.5) is 5.95 Å². The molecular weight excluding hydrogens is 238 g/mol. The molecular formula is C14H19N5. The van der Waals surface area contributed by atoms with E-state index in [1.165, 1.54) is 30.4 Å². The first-order valence-electron chi connectivity index (χ1n) is 6.89. The van der Waals surface area contributed by atoms with Crippen molar-refractivity contribution in [2.24, 2.45) is 0 Å². The van der Waals surface area contributed by atoms with Gasteiger partial charge in [0.25, 0.3) is 5.95 Å². The summed E-state index contributed by atoms with van der Waals surface area (Å²) in [4.78, 5) is 3.90. The number of nitrogens with zero attached hydrogens (tertiary/aromatic N) is 5. The summed E-state index contributed by atoms with van der Waals surface area (Å²) in [6.45, 7) is 4.87. The summed E-state index contributed by atoms with van der Waals surface area (Å²) in [7, 11) is 0. The third-order valence-electron chi connectivity index (χ3n) is 3.53. The van der Waals surface area contributed by atoms with Crippen LogP contribution in [0.15, 0.2) is 24.3 Å². The molecule has 0 spiro atoms. The number of aromatic nitrogens is 4. The molecule has 3 rings (SSSR count). The number of anilines is 1. The number of tetrazole rings is 1. The molecule has 5 heteroatoms. The Morgan fingerprint density at radius 2 is 1.79 bits per heavy atom. The maximum Gasteiger partial charge on any atom is 0.266 e. The third-order valence-corrected chi connectivity index (χ3v) is 3.53. The molecule has 0 bridgehead atoms. The van der Waals surface area contributed by atoms with Crippen LogP contribution in [0.5, 0.6) is 0 Å². The van der Waals surface area contributed by atoms with Crippen LogP contribution in [-0.4, -0.2) is 33.3 Å². The van der Waals surface area contributed by atoms with E-state index in [0.717, 1.165) is 19.0 Å². The molecule has 1 aliphatic rings. The number of benzene rings is 1. The average Bonchev–Trinajstić information content (AvgIpc) is 2.91. The van der Waals surface area contributed by atoms with E-state index < -0.39 is 0 Å². The van der Waals surface area contributed by atoms with Gasteiger partial charge in [-0.05, 0) is 37.0 Å². The van der Waals surface area contributed by atoms with Crippen molar-refractivity contribution in [1.29, 1.82) is 0 Å². The Kier molecular flexibility index (Phi) is 3.44. The van der Waals surface area contributed by atoms with Crippen LogP contribution in [0.2, 0.25) is 0 Å². The number of rotatable bonds is 3. The Morgan fingerprint density at radius 3 is 2.53 bits per heavy atom. The van der Waals surface area contributed by atoms with Crippen molar-refractivity contribution in [3.63, 3.8) is 0 Å². The fourth-order valence-corrected chi connectivity index (χ4v) is 2.38. The molecule has 0 atom stereocenters. The van der Waals surface area contributed by atoms with Crippen molar-refractivity contribution in [3.05, 3.63) is 35.4 Å². The predicted octanol–water partition coefficient (Wildman–Crippen LogP) is 2.02. The summed E-state index contributed by atoms with van der Waals surface area (Å²) in [5, 5.41) is 12.8. The maximum absolute atomic E-state index is 4.47. The molecule has 1 aromatic heterocycles. The van der Waals surface area contributed by atoms with Gasteiger partial charge in [0.1, 0.15) is 0 Å². The highest BCUT2D eigenvalue weighted by molar-refractivity contribution is 5.27. The Bertz CT molecular complexity index is 525. The molecule has 5 nitrogen and oxygen atoms in total. The van der Waals surface area contributed by atoms with Gasteiger partial charge in [0.2, 0.25) is 0 Å². The molecule has 0 radical (unpaired) electrons. The van der Waals surface area contributed by atoms with E-state index in [1.807, 2.05) is 0 Å². The fourth-order valence-electron chi connectivity index (χ4n) is 2.38. The molecule has 0 saturated carbocycles. The van der Waals surface area contributed by atoms with Crippen LogP contribution in [0.3, 0.4) is 0 Å². The topological polar surface area (TPSA) is 46.8 Å². The minimum Gasteiger partial charge on any atom is -0.338 e. The summed E-state index contributed by atoms with van der Waals surface area (Å²) in [5.74, 6) is 0.770. The minimum atomic E-state index is 0.682. The molecule has 19 heavy (non-hydrogen) atoms. The summed E-state index contributed by atoms with van der Waals surface area (Å²) >= 11 is 0. The zero-order valence-electron chi connectivity index (χ0n) is 11.3. The third kappa shape index (κ3) is 2.92. The number of piperidine rings is 1. The lowest BCUT2D eigenvalue weighted by Crippen LogP contribution is -2.30. The maximum atomic E-state index is 4.47. The smallest absolute Gasteiger partial charge is 0.266 e. The van der Waals surface area contributed by atoms with Gasteiger partial charge in [-0.3, -0.25) is 0 Å². The summed E-state index contributed by atoms with van der Waals surface area (Å²) in [6.07, 6.45) is 3.77. The SMILES string of the molecule is Cc1ccc(Cn2nnc(N3CCCCC3)n2)cc1. The van der Waals surface area contributed by atoms with E-state index in [2.05, 4.69) is 51.5 Å². The molecule has 0 aliphatic carbocycles. The summed E-state index contributed by atoms with van der Waals surface area (Å²) < 4.78 is 0. The monoisotopic (exact) mass is 257 g/mol. The Hall–Kier alpha value is -1.91. The molecule has 0 unspecified atom stereocenters. The largest absolute Gasteiger partial charge is 0.338 e. The lowest BCUT2D eigenvalue weighted by Gasteiger charge is -2.24. The van der Waals surface area contributed by atoms with E-state index in [0.29, 0.717) is 6.54 Å². The van der Waals surface area contributed by atoms with Crippen LogP contribution in [0.25, 0.3) is 0 Å². The Labute approximate surface area is 113 Å². The fraction of sp³-hybridized carbons (Fsp3) is 0.500. The van der Waals surface area contributed by atoms with Crippen molar-refractivity contribution in [3.8, 4) is 0 Å². The second-order valence-electron chi connectivity index (χ2n) is 5.15. The molecule has 0 amide bonds. The highest BCUT2D eigenvalue weighted by Crippen LogP contribution is 2.14. The number of aryl methyl sites for hydroxylation is 1. The second kappa shape index (κ2) is 5.38. The summed E-state index contributed by atoms with van der Waals surface area (Å²) in [6, 6.07) is 8.44. The van der Waals surface area contributed by atoms with Crippen LogP contribution in [0.1, 0.15) is 30.4 Å². The first-order valence-corrected chi connectivity index (χ1v) is 6.89. The normalized spacial score (nSPS) is 15.7. The molecule has 2 aromatic rings. The van der Waals surface area contributed by atoms with E-state index >= 15 is 0 Å². The van der Waals surface area contributed by atoms with Gasteiger partial charge in [-0.15, -0.1) is 5.10 Å². The zero-order chi connectivity index (χ0) is 13.1. The van der Waals surface area contributed by atoms with E-state index in [-0.39, 0.29) is 0 Å². The quantitative estimate of drug-likeness (QED) is 0.844. The van der Waals surface area contributed by atoms with E-state index in [1.54, 1.807) is 4.80 Å². The first kappa shape index (κ1) is 12.1. The molecule has 1 aromatic carbocycles. The van der Waals surface area contributed by atoms with Gasteiger partial charge in [-0.1, -0.05) is 34.9 Å². The van der Waals surface area contributed by atoms with Gasteiger partial charge >= 0.3 is 0 Å². The zero-order valence-corrected chi connectivity index (χ0v) is 11.3. The van der Waals surface area contributed by atoms with Crippen LogP contribution in [-0.2, 0) is 6.54 Å². The predicted molar refractivity (Wildman–Crippen MR) is 74.2 cm³/mol. The van der Waals surface area contributed by atoms with Gasteiger partial charge in [-0.2, -0.15) is 4.80 Å². The van der Waals surface area contributed by atoms with Crippen LogP contribution in [0, 0.1) is 6.92 Å². The second-order valence-corrected chi connectivity index (χ2v) is 5.15. The molecule has 1 aliphatic heterocycles. The number of hydrogen-bond acceptors (Lipinski definition) is 4. The molecule has 0 N–H and O–H groups in total. The first-order chi connectivity index (χ1) is 9.31. The molecule has 100 valence electrons. The molecule has 2 heterocycles. The van der Waals surface area contributed by atoms with Crippen LogP contribution < -0.4 is 4.90 Å². The Balaban J connectivity index is 1.68. The van der Waals surface area contributed by atoms with Crippen molar-refractivity contribution in [2.75, 3.05) is 18.0 Å². The number of hydrogen-bond donors (Lipinski definition) is 0. The van der Waals surface area contributed by atoms with Crippen molar-refractivity contribution in [2.45, 2.75) is 32.7 Å². The van der Waals surface area contributed by atoms with Gasteiger partial charge < -0.3 is 4.90 Å². The lowest BCUT2D eigenvalue weighted by atomic mass is 10.1. The Morgan fingerprint density at radius 1 is 1.05 bits per heavy atom. The average molecular weight is 257 g/mol. The highest BCUT2D eigenvalue weighted by atomic mass is 15.6.